The Labute approximate surface area is 136 Å². The van der Waals surface area contributed by atoms with E-state index < -0.39 is 6.10 Å². The molecule has 0 aliphatic carbocycles. The molecule has 0 aromatic heterocycles. The minimum Gasteiger partial charge on any atom is -0.490 e. The normalized spacial score (nSPS) is 15.4. The number of aliphatic hydroxyl groups excluding tert-OH is 1. The van der Waals surface area contributed by atoms with Crippen LogP contribution in [-0.2, 0) is 0 Å². The highest BCUT2D eigenvalue weighted by atomic mass is 79.9. The Morgan fingerprint density at radius 2 is 1.76 bits per heavy atom. The molecular weight excluding hydrogens is 356 g/mol. The molecule has 0 spiro atoms. The molecule has 1 aliphatic heterocycles. The van der Waals surface area contributed by atoms with Gasteiger partial charge in [0.25, 0.3) is 0 Å². The van der Waals surface area contributed by atoms with Gasteiger partial charge in [-0.1, -0.05) is 33.6 Å². The third kappa shape index (κ3) is 3.34. The molecule has 110 valence electrons. The Hall–Kier alpha value is -1.23. The minimum absolute atomic E-state index is 0.577. The van der Waals surface area contributed by atoms with E-state index in [1.54, 1.807) is 12.1 Å². The van der Waals surface area contributed by atoms with E-state index in [2.05, 4.69) is 15.9 Å². The summed E-state index contributed by atoms with van der Waals surface area (Å²) in [5.41, 5.74) is 1.47. The highest BCUT2D eigenvalue weighted by Crippen LogP contribution is 2.35. The highest BCUT2D eigenvalue weighted by Gasteiger charge is 2.16. The van der Waals surface area contributed by atoms with Crippen LogP contribution in [-0.4, -0.2) is 18.3 Å². The fourth-order valence-corrected chi connectivity index (χ4v) is 3.16. The summed E-state index contributed by atoms with van der Waals surface area (Å²) < 4.78 is 12.1. The van der Waals surface area contributed by atoms with Gasteiger partial charge in [0, 0.05) is 15.9 Å². The number of benzene rings is 2. The van der Waals surface area contributed by atoms with Gasteiger partial charge < -0.3 is 14.6 Å². The number of hydrogen-bond donors (Lipinski definition) is 1. The van der Waals surface area contributed by atoms with E-state index in [9.17, 15) is 5.11 Å². The zero-order chi connectivity index (χ0) is 14.8. The summed E-state index contributed by atoms with van der Waals surface area (Å²) in [5, 5.41) is 11.1. The van der Waals surface area contributed by atoms with Crippen LogP contribution < -0.4 is 9.47 Å². The third-order valence-electron chi connectivity index (χ3n) is 3.29. The van der Waals surface area contributed by atoms with Crippen molar-refractivity contribution in [3.8, 4) is 11.5 Å². The van der Waals surface area contributed by atoms with Crippen LogP contribution in [0, 0.1) is 0 Å². The van der Waals surface area contributed by atoms with E-state index in [1.165, 1.54) is 0 Å². The molecule has 0 amide bonds. The molecule has 0 bridgehead atoms. The van der Waals surface area contributed by atoms with Gasteiger partial charge in [0.05, 0.1) is 13.2 Å². The predicted octanol–water partition coefficient (Wildman–Crippen LogP) is 4.35. The Kier molecular flexibility index (Phi) is 4.38. The number of halogens is 2. The molecule has 0 fully saturated rings. The maximum Gasteiger partial charge on any atom is 0.161 e. The van der Waals surface area contributed by atoms with E-state index >= 15 is 0 Å². The van der Waals surface area contributed by atoms with Crippen molar-refractivity contribution in [2.45, 2.75) is 12.5 Å². The van der Waals surface area contributed by atoms with Crippen molar-refractivity contribution < 1.29 is 14.6 Å². The lowest BCUT2D eigenvalue weighted by Crippen LogP contribution is -2.01. The highest BCUT2D eigenvalue weighted by molar-refractivity contribution is 9.10. The standard InChI is InChI=1S/C16H14BrClO3/c17-12-6-11(7-13(18)9-12)16(19)10-2-3-14-15(8-10)21-5-1-4-20-14/h2-3,6-9,16,19H,1,4-5H2. The van der Waals surface area contributed by atoms with Crippen LogP contribution in [0.5, 0.6) is 11.5 Å². The number of aliphatic hydroxyl groups is 1. The van der Waals surface area contributed by atoms with Crippen LogP contribution >= 0.6 is 27.5 Å². The zero-order valence-electron chi connectivity index (χ0n) is 11.2. The van der Waals surface area contributed by atoms with Crippen molar-refractivity contribution in [2.75, 3.05) is 13.2 Å². The fraction of sp³-hybridized carbons (Fsp3) is 0.250. The lowest BCUT2D eigenvalue weighted by atomic mass is 10.0. The summed E-state index contributed by atoms with van der Waals surface area (Å²) in [5.74, 6) is 1.39. The summed E-state index contributed by atoms with van der Waals surface area (Å²) in [6.45, 7) is 1.27. The largest absolute Gasteiger partial charge is 0.490 e. The first-order valence-electron chi connectivity index (χ1n) is 6.67. The summed E-state index contributed by atoms with van der Waals surface area (Å²) in [6, 6.07) is 10.9. The van der Waals surface area contributed by atoms with Crippen molar-refractivity contribution >= 4 is 27.5 Å². The molecule has 2 aromatic rings. The van der Waals surface area contributed by atoms with Gasteiger partial charge in [-0.3, -0.25) is 0 Å². The van der Waals surface area contributed by atoms with E-state index in [4.69, 9.17) is 21.1 Å². The second-order valence-electron chi connectivity index (χ2n) is 4.86. The van der Waals surface area contributed by atoms with Gasteiger partial charge in [0.2, 0.25) is 0 Å². The average Bonchev–Trinajstić information content (AvgIpc) is 2.69. The van der Waals surface area contributed by atoms with Gasteiger partial charge >= 0.3 is 0 Å². The van der Waals surface area contributed by atoms with Gasteiger partial charge in [-0.2, -0.15) is 0 Å². The monoisotopic (exact) mass is 368 g/mol. The SMILES string of the molecule is OC(c1cc(Cl)cc(Br)c1)c1ccc2c(c1)OCCCO2. The third-order valence-corrected chi connectivity index (χ3v) is 3.96. The van der Waals surface area contributed by atoms with Gasteiger partial charge in [0.1, 0.15) is 6.10 Å². The number of ether oxygens (including phenoxy) is 2. The van der Waals surface area contributed by atoms with Crippen LogP contribution in [0.3, 0.4) is 0 Å². The Morgan fingerprint density at radius 3 is 2.52 bits per heavy atom. The van der Waals surface area contributed by atoms with Crippen molar-refractivity contribution in [2.24, 2.45) is 0 Å². The van der Waals surface area contributed by atoms with E-state index in [-0.39, 0.29) is 0 Å². The number of fused-ring (bicyclic) bond motifs is 1. The Balaban J connectivity index is 1.94. The molecular formula is C16H14BrClO3. The van der Waals surface area contributed by atoms with Crippen LogP contribution in [0.1, 0.15) is 23.7 Å². The van der Waals surface area contributed by atoms with Crippen molar-refractivity contribution in [1.29, 1.82) is 0 Å². The van der Waals surface area contributed by atoms with Gasteiger partial charge in [0.15, 0.2) is 11.5 Å². The Morgan fingerprint density at radius 1 is 1.00 bits per heavy atom. The first-order valence-corrected chi connectivity index (χ1v) is 7.84. The molecule has 2 aromatic carbocycles. The quantitative estimate of drug-likeness (QED) is 0.855. The topological polar surface area (TPSA) is 38.7 Å². The molecule has 1 heterocycles. The second-order valence-corrected chi connectivity index (χ2v) is 6.21. The summed E-state index contributed by atoms with van der Waals surface area (Å²) in [6.07, 6.45) is 0.0884. The van der Waals surface area contributed by atoms with E-state index in [0.717, 1.165) is 27.8 Å². The molecule has 1 aliphatic rings. The molecule has 3 rings (SSSR count). The molecule has 21 heavy (non-hydrogen) atoms. The second kappa shape index (κ2) is 6.26. The minimum atomic E-state index is -0.767. The molecule has 3 nitrogen and oxygen atoms in total. The van der Waals surface area contributed by atoms with Crippen LogP contribution in [0.25, 0.3) is 0 Å². The molecule has 1 atom stereocenters. The van der Waals surface area contributed by atoms with E-state index in [0.29, 0.717) is 24.0 Å². The molecule has 0 saturated carbocycles. The summed E-state index contributed by atoms with van der Waals surface area (Å²) in [4.78, 5) is 0. The molecule has 1 N–H and O–H groups in total. The fourth-order valence-electron chi connectivity index (χ4n) is 2.28. The smallest absolute Gasteiger partial charge is 0.161 e. The molecule has 1 unspecified atom stereocenters. The number of hydrogen-bond acceptors (Lipinski definition) is 3. The van der Waals surface area contributed by atoms with Gasteiger partial charge in [-0.05, 0) is 41.5 Å². The van der Waals surface area contributed by atoms with Crippen molar-refractivity contribution in [1.82, 2.24) is 0 Å². The van der Waals surface area contributed by atoms with Crippen molar-refractivity contribution in [3.63, 3.8) is 0 Å². The molecule has 5 heteroatoms. The summed E-state index contributed by atoms with van der Waals surface area (Å²) in [7, 11) is 0. The maximum absolute atomic E-state index is 10.5. The van der Waals surface area contributed by atoms with E-state index in [1.807, 2.05) is 24.3 Å². The number of rotatable bonds is 2. The molecule has 0 saturated heterocycles. The van der Waals surface area contributed by atoms with Crippen LogP contribution in [0.4, 0.5) is 0 Å². The lowest BCUT2D eigenvalue weighted by Gasteiger charge is -2.15. The predicted molar refractivity (Wildman–Crippen MR) is 85.3 cm³/mol. The average molecular weight is 370 g/mol. The van der Waals surface area contributed by atoms with Gasteiger partial charge in [-0.15, -0.1) is 0 Å². The molecule has 0 radical (unpaired) electrons. The lowest BCUT2D eigenvalue weighted by molar-refractivity contribution is 0.219. The van der Waals surface area contributed by atoms with Crippen LogP contribution in [0.15, 0.2) is 40.9 Å². The summed E-state index contributed by atoms with van der Waals surface area (Å²) >= 11 is 9.42. The van der Waals surface area contributed by atoms with Gasteiger partial charge in [-0.25, -0.2) is 0 Å². The Bertz CT molecular complexity index is 640. The van der Waals surface area contributed by atoms with Crippen LogP contribution in [0.2, 0.25) is 5.02 Å². The van der Waals surface area contributed by atoms with Crippen molar-refractivity contribution in [3.05, 3.63) is 57.0 Å². The zero-order valence-corrected chi connectivity index (χ0v) is 13.5. The maximum atomic E-state index is 10.5. The first-order chi connectivity index (χ1) is 10.1. The first kappa shape index (κ1) is 14.7.